The number of aromatic nitrogens is 3. The number of likely N-dealkylation sites (N-methyl/N-ethyl adjacent to an activating group) is 1. The topological polar surface area (TPSA) is 103 Å². The van der Waals surface area contributed by atoms with Crippen LogP contribution in [0, 0.1) is 12.7 Å². The fourth-order valence-electron chi connectivity index (χ4n) is 3.78. The van der Waals surface area contributed by atoms with E-state index in [0.29, 0.717) is 28.9 Å². The maximum absolute atomic E-state index is 13.6. The van der Waals surface area contributed by atoms with E-state index >= 15 is 0 Å². The zero-order chi connectivity index (χ0) is 24.4. The molecule has 1 saturated heterocycles. The lowest BCUT2D eigenvalue weighted by Crippen LogP contribution is -2.37. The molecule has 0 spiro atoms. The number of aryl methyl sites for hydroxylation is 1. The molecule has 1 aromatic carbocycles. The van der Waals surface area contributed by atoms with Crippen LogP contribution in [0.15, 0.2) is 36.4 Å². The van der Waals surface area contributed by atoms with Crippen LogP contribution in [-0.4, -0.2) is 51.7 Å². The van der Waals surface area contributed by atoms with Gasteiger partial charge in [0.15, 0.2) is 0 Å². The summed E-state index contributed by atoms with van der Waals surface area (Å²) in [5.41, 5.74) is 7.27. The van der Waals surface area contributed by atoms with Gasteiger partial charge in [0.05, 0.1) is 11.3 Å². The largest absolute Gasteiger partial charge is 0.475 e. The van der Waals surface area contributed by atoms with Gasteiger partial charge in [0.25, 0.3) is 6.43 Å². The number of cyclic esters (lactones) is 1. The predicted molar refractivity (Wildman–Crippen MR) is 118 cm³/mol. The van der Waals surface area contributed by atoms with Gasteiger partial charge in [-0.2, -0.15) is 4.98 Å². The van der Waals surface area contributed by atoms with Crippen LogP contribution in [0.3, 0.4) is 0 Å². The number of amides is 1. The Bertz CT molecular complexity index is 1210. The van der Waals surface area contributed by atoms with Gasteiger partial charge in [0.1, 0.15) is 30.8 Å². The quantitative estimate of drug-likeness (QED) is 0.543. The number of halogens is 3. The Morgan fingerprint density at radius 3 is 2.59 bits per heavy atom. The predicted octanol–water partition coefficient (Wildman–Crippen LogP) is 4.39. The van der Waals surface area contributed by atoms with Crippen LogP contribution in [0.5, 0.6) is 5.88 Å². The van der Waals surface area contributed by atoms with Gasteiger partial charge >= 0.3 is 6.09 Å². The van der Waals surface area contributed by atoms with Crippen LogP contribution < -0.4 is 10.5 Å². The van der Waals surface area contributed by atoms with Crippen LogP contribution in [0.25, 0.3) is 22.4 Å². The first kappa shape index (κ1) is 23.3. The highest BCUT2D eigenvalue weighted by Crippen LogP contribution is 2.39. The van der Waals surface area contributed by atoms with Crippen molar-refractivity contribution in [3.05, 3.63) is 53.6 Å². The molecule has 11 heteroatoms. The average Bonchev–Trinajstić information content (AvgIpc) is 3.16. The Morgan fingerprint density at radius 2 is 1.91 bits per heavy atom. The summed E-state index contributed by atoms with van der Waals surface area (Å²) in [6, 6.07) is 7.95. The summed E-state index contributed by atoms with van der Waals surface area (Å²) in [4.78, 5) is 25.8. The van der Waals surface area contributed by atoms with Gasteiger partial charge in [-0.1, -0.05) is 0 Å². The zero-order valence-electron chi connectivity index (χ0n) is 18.5. The summed E-state index contributed by atoms with van der Waals surface area (Å²) in [6.07, 6.45) is -3.25. The van der Waals surface area contributed by atoms with Crippen LogP contribution >= 0.6 is 0 Å². The monoisotopic (exact) mass is 473 g/mol. The number of nitrogens with two attached hydrogens (primary N) is 1. The summed E-state index contributed by atoms with van der Waals surface area (Å²) in [5, 5.41) is 0. The molecule has 3 heterocycles. The average molecular weight is 473 g/mol. The molecule has 3 aromatic rings. The fraction of sp³-hybridized carbons (Fsp3) is 0.304. The number of hydrogen-bond donors (Lipinski definition) is 1. The number of carbonyl (C=O) groups excluding carboxylic acids is 1. The lowest BCUT2D eigenvalue weighted by atomic mass is 9.99. The normalized spacial score (nSPS) is 15.6. The highest BCUT2D eigenvalue weighted by Gasteiger charge is 2.33. The van der Waals surface area contributed by atoms with Crippen molar-refractivity contribution in [3.8, 4) is 28.3 Å². The second-order valence-corrected chi connectivity index (χ2v) is 7.67. The molecular formula is C23H22F3N5O3. The number of nitrogens with zero attached hydrogens (tertiary/aromatic N) is 4. The molecule has 4 rings (SSSR count). The number of anilines is 1. The van der Waals surface area contributed by atoms with E-state index in [0.717, 1.165) is 0 Å². The number of alkyl halides is 2. The highest BCUT2D eigenvalue weighted by atomic mass is 19.3. The lowest BCUT2D eigenvalue weighted by Gasteiger charge is -2.21. The molecule has 0 aliphatic carbocycles. The third kappa shape index (κ3) is 4.73. The van der Waals surface area contributed by atoms with Gasteiger partial charge in [-0.05, 0) is 55.8 Å². The minimum Gasteiger partial charge on any atom is -0.475 e. The van der Waals surface area contributed by atoms with Crippen molar-refractivity contribution in [2.75, 3.05) is 25.5 Å². The molecule has 0 radical (unpaired) electrons. The van der Waals surface area contributed by atoms with Gasteiger partial charge in [0, 0.05) is 17.8 Å². The van der Waals surface area contributed by atoms with Crippen LogP contribution in [-0.2, 0) is 4.74 Å². The smallest absolute Gasteiger partial charge is 0.410 e. The summed E-state index contributed by atoms with van der Waals surface area (Å²) in [5.74, 6) is -0.536. The molecule has 2 N–H and O–H groups in total. The van der Waals surface area contributed by atoms with Crippen molar-refractivity contribution in [1.29, 1.82) is 0 Å². The Morgan fingerprint density at radius 1 is 1.18 bits per heavy atom. The van der Waals surface area contributed by atoms with Crippen molar-refractivity contribution >= 4 is 12.0 Å². The fourth-order valence-corrected chi connectivity index (χ4v) is 3.78. The molecule has 8 nitrogen and oxygen atoms in total. The Kier molecular flexibility index (Phi) is 6.53. The number of pyridine rings is 1. The third-order valence-electron chi connectivity index (χ3n) is 5.32. The van der Waals surface area contributed by atoms with Crippen molar-refractivity contribution in [1.82, 2.24) is 19.9 Å². The molecule has 1 fully saturated rings. The van der Waals surface area contributed by atoms with Crippen molar-refractivity contribution in [2.45, 2.75) is 26.3 Å². The number of benzene rings is 1. The molecule has 2 aromatic heterocycles. The third-order valence-corrected chi connectivity index (χ3v) is 5.32. The van der Waals surface area contributed by atoms with Gasteiger partial charge < -0.3 is 15.2 Å². The molecule has 1 amide bonds. The Balaban J connectivity index is 1.84. The first-order valence-electron chi connectivity index (χ1n) is 10.5. The maximum atomic E-state index is 13.6. The van der Waals surface area contributed by atoms with E-state index in [2.05, 4.69) is 15.0 Å². The Hall–Kier alpha value is -3.89. The summed E-state index contributed by atoms with van der Waals surface area (Å²) >= 11 is 0. The Labute approximate surface area is 193 Å². The molecule has 0 bridgehead atoms. The lowest BCUT2D eigenvalue weighted by molar-refractivity contribution is 0.146. The number of rotatable bonds is 7. The molecule has 1 aliphatic heterocycles. The maximum Gasteiger partial charge on any atom is 0.410 e. The number of carbonyl (C=O) groups is 1. The molecule has 1 atom stereocenters. The van der Waals surface area contributed by atoms with Gasteiger partial charge in [-0.15, -0.1) is 0 Å². The van der Waals surface area contributed by atoms with Crippen molar-refractivity contribution in [3.63, 3.8) is 0 Å². The first-order valence-corrected chi connectivity index (χ1v) is 10.5. The number of ether oxygens (including phenoxy) is 2. The molecule has 178 valence electrons. The summed E-state index contributed by atoms with van der Waals surface area (Å²) in [6.45, 7) is 3.99. The van der Waals surface area contributed by atoms with Crippen LogP contribution in [0.2, 0.25) is 0 Å². The standard InChI is InChI=1S/C23H22F3N5O3/c1-3-31-16(11-34-23(31)32)10-33-21-18(14-8-12(2)28-17(9-14)20(25)26)19(29-22(27)30-21)13-4-6-15(24)7-5-13/h4-9,16,20H,3,10-11H2,1-2H3,(H2,27,29,30). The van der Waals surface area contributed by atoms with Gasteiger partial charge in [-0.3, -0.25) is 9.88 Å². The minimum atomic E-state index is -2.80. The second-order valence-electron chi connectivity index (χ2n) is 7.67. The van der Waals surface area contributed by atoms with Crippen LogP contribution in [0.1, 0.15) is 24.7 Å². The van der Waals surface area contributed by atoms with E-state index in [4.69, 9.17) is 15.2 Å². The second kappa shape index (κ2) is 9.54. The molecule has 1 unspecified atom stereocenters. The number of hydrogen-bond acceptors (Lipinski definition) is 7. The van der Waals surface area contributed by atoms with E-state index in [1.54, 1.807) is 13.0 Å². The molecule has 0 saturated carbocycles. The van der Waals surface area contributed by atoms with Gasteiger partial charge in [-0.25, -0.2) is 22.9 Å². The van der Waals surface area contributed by atoms with E-state index in [-0.39, 0.29) is 36.8 Å². The zero-order valence-corrected chi connectivity index (χ0v) is 18.5. The van der Waals surface area contributed by atoms with E-state index < -0.39 is 24.0 Å². The minimum absolute atomic E-state index is 0.0255. The van der Waals surface area contributed by atoms with Gasteiger partial charge in [0.2, 0.25) is 11.8 Å². The SMILES string of the molecule is CCN1C(=O)OCC1COc1nc(N)nc(-c2ccc(F)cc2)c1-c1cc(C)nc(C(F)F)c1. The summed E-state index contributed by atoms with van der Waals surface area (Å²) in [7, 11) is 0. The molecule has 34 heavy (non-hydrogen) atoms. The van der Waals surface area contributed by atoms with Crippen LogP contribution in [0.4, 0.5) is 23.9 Å². The van der Waals surface area contributed by atoms with Crippen molar-refractivity contribution < 1.29 is 27.4 Å². The van der Waals surface area contributed by atoms with E-state index in [1.165, 1.54) is 35.2 Å². The summed E-state index contributed by atoms with van der Waals surface area (Å²) < 4.78 is 51.6. The van der Waals surface area contributed by atoms with E-state index in [1.807, 2.05) is 6.92 Å². The molecule has 1 aliphatic rings. The first-order chi connectivity index (χ1) is 16.3. The van der Waals surface area contributed by atoms with Crippen molar-refractivity contribution in [2.24, 2.45) is 0 Å². The number of nitrogen functional groups attached to an aromatic ring is 1. The molecular weight excluding hydrogens is 451 g/mol. The van der Waals surface area contributed by atoms with E-state index in [9.17, 15) is 18.0 Å². The highest BCUT2D eigenvalue weighted by molar-refractivity contribution is 5.85.